The van der Waals surface area contributed by atoms with Crippen molar-refractivity contribution in [2.75, 3.05) is 25.0 Å². The molecule has 0 bridgehead atoms. The van der Waals surface area contributed by atoms with E-state index in [0.29, 0.717) is 29.4 Å². The monoisotopic (exact) mass is 487 g/mol. The number of benzene rings is 2. The molecule has 2 aromatic rings. The molecule has 1 aliphatic heterocycles. The Balaban J connectivity index is 1.62. The van der Waals surface area contributed by atoms with E-state index in [-0.39, 0.29) is 17.8 Å². The van der Waals surface area contributed by atoms with Crippen LogP contribution in [0.2, 0.25) is 5.02 Å². The SMILES string of the molecule is C[C@H]1CN(Cc2ccc(F)cc2)CCN1C(=O)/C=C/c1ccc(Cl)cc1NC(=O)OC(C)(C)C. The normalized spacial score (nSPS) is 17.1. The lowest BCUT2D eigenvalue weighted by molar-refractivity contribution is -0.130. The zero-order chi connectivity index (χ0) is 24.9. The van der Waals surface area contributed by atoms with Gasteiger partial charge in [0.15, 0.2) is 0 Å². The summed E-state index contributed by atoms with van der Waals surface area (Å²) in [5.41, 5.74) is 1.51. The van der Waals surface area contributed by atoms with Crippen molar-refractivity contribution in [1.82, 2.24) is 9.80 Å². The van der Waals surface area contributed by atoms with E-state index < -0.39 is 11.7 Å². The average molecular weight is 488 g/mol. The fourth-order valence-electron chi connectivity index (χ4n) is 3.80. The van der Waals surface area contributed by atoms with Gasteiger partial charge in [-0.3, -0.25) is 15.0 Å². The van der Waals surface area contributed by atoms with E-state index in [9.17, 15) is 14.0 Å². The number of hydrogen-bond donors (Lipinski definition) is 1. The molecule has 1 fully saturated rings. The standard InChI is InChI=1S/C26H31ClFN3O3/c1-18-16-30(17-19-5-10-22(28)11-6-19)13-14-31(18)24(32)12-8-20-7-9-21(27)15-23(20)29-25(33)34-26(2,3)4/h5-12,15,18H,13-14,16-17H2,1-4H3,(H,29,33)/b12-8+/t18-/m0/s1. The number of carbonyl (C=O) groups is 2. The molecule has 0 saturated carbocycles. The van der Waals surface area contributed by atoms with Gasteiger partial charge >= 0.3 is 6.09 Å². The lowest BCUT2D eigenvalue weighted by Crippen LogP contribution is -2.53. The lowest BCUT2D eigenvalue weighted by Gasteiger charge is -2.39. The number of nitrogens with zero attached hydrogens (tertiary/aromatic N) is 2. The quantitative estimate of drug-likeness (QED) is 0.560. The first-order valence-electron chi connectivity index (χ1n) is 11.3. The van der Waals surface area contributed by atoms with Crippen LogP contribution in [0.25, 0.3) is 6.08 Å². The Morgan fingerprint density at radius 1 is 1.18 bits per heavy atom. The largest absolute Gasteiger partial charge is 0.444 e. The van der Waals surface area contributed by atoms with Crippen molar-refractivity contribution < 1.29 is 18.7 Å². The second-order valence-electron chi connectivity index (χ2n) is 9.43. The van der Waals surface area contributed by atoms with Gasteiger partial charge in [0, 0.05) is 43.3 Å². The highest BCUT2D eigenvalue weighted by molar-refractivity contribution is 6.31. The van der Waals surface area contributed by atoms with E-state index in [0.717, 1.165) is 18.7 Å². The maximum atomic E-state index is 13.1. The first-order valence-corrected chi connectivity index (χ1v) is 11.6. The van der Waals surface area contributed by atoms with Gasteiger partial charge in [0.2, 0.25) is 5.91 Å². The lowest BCUT2D eigenvalue weighted by atomic mass is 10.1. The smallest absolute Gasteiger partial charge is 0.412 e. The Bertz CT molecular complexity index is 1050. The molecule has 1 aliphatic rings. The minimum atomic E-state index is -0.635. The van der Waals surface area contributed by atoms with Gasteiger partial charge < -0.3 is 9.64 Å². The van der Waals surface area contributed by atoms with E-state index in [1.54, 1.807) is 57.2 Å². The molecule has 182 valence electrons. The fraction of sp³-hybridized carbons (Fsp3) is 0.385. The van der Waals surface area contributed by atoms with Crippen molar-refractivity contribution in [3.63, 3.8) is 0 Å². The number of carbonyl (C=O) groups excluding carboxylic acids is 2. The molecule has 3 rings (SSSR count). The molecule has 2 amide bonds. The summed E-state index contributed by atoms with van der Waals surface area (Å²) in [5.74, 6) is -0.350. The third-order valence-corrected chi connectivity index (χ3v) is 5.61. The molecule has 2 aromatic carbocycles. The van der Waals surface area contributed by atoms with Crippen LogP contribution in [0.3, 0.4) is 0 Å². The van der Waals surface area contributed by atoms with Crippen LogP contribution in [-0.4, -0.2) is 53.1 Å². The molecule has 34 heavy (non-hydrogen) atoms. The molecule has 0 unspecified atom stereocenters. The van der Waals surface area contributed by atoms with Crippen LogP contribution in [0.5, 0.6) is 0 Å². The maximum absolute atomic E-state index is 13.1. The minimum absolute atomic E-state index is 0.0240. The number of halogens is 2. The van der Waals surface area contributed by atoms with Crippen LogP contribution >= 0.6 is 11.6 Å². The van der Waals surface area contributed by atoms with Gasteiger partial charge in [-0.1, -0.05) is 29.8 Å². The number of amides is 2. The van der Waals surface area contributed by atoms with E-state index in [1.165, 1.54) is 18.2 Å². The third kappa shape index (κ3) is 7.57. The highest BCUT2D eigenvalue weighted by Gasteiger charge is 2.26. The predicted molar refractivity (Wildman–Crippen MR) is 133 cm³/mol. The molecule has 0 spiro atoms. The van der Waals surface area contributed by atoms with Crippen LogP contribution in [-0.2, 0) is 16.1 Å². The number of ether oxygens (including phenoxy) is 1. The summed E-state index contributed by atoms with van der Waals surface area (Å²) < 4.78 is 18.5. The topological polar surface area (TPSA) is 61.9 Å². The summed E-state index contributed by atoms with van der Waals surface area (Å²) in [7, 11) is 0. The van der Waals surface area contributed by atoms with Crippen molar-refractivity contribution in [3.05, 3.63) is 70.5 Å². The number of nitrogens with one attached hydrogen (secondary N) is 1. The van der Waals surface area contributed by atoms with Crippen LogP contribution in [0, 0.1) is 5.82 Å². The number of hydrogen-bond acceptors (Lipinski definition) is 4. The third-order valence-electron chi connectivity index (χ3n) is 5.37. The van der Waals surface area contributed by atoms with Gasteiger partial charge in [-0.15, -0.1) is 0 Å². The van der Waals surface area contributed by atoms with Crippen molar-refractivity contribution in [2.24, 2.45) is 0 Å². The molecule has 0 aliphatic carbocycles. The van der Waals surface area contributed by atoms with Crippen molar-refractivity contribution in [2.45, 2.75) is 45.9 Å². The van der Waals surface area contributed by atoms with Gasteiger partial charge in [0.25, 0.3) is 0 Å². The number of piperazine rings is 1. The molecule has 1 saturated heterocycles. The second-order valence-corrected chi connectivity index (χ2v) is 9.87. The fourth-order valence-corrected chi connectivity index (χ4v) is 3.98. The Kier molecular flexibility index (Phi) is 8.33. The highest BCUT2D eigenvalue weighted by Crippen LogP contribution is 2.24. The molecule has 1 N–H and O–H groups in total. The molecule has 6 nitrogen and oxygen atoms in total. The predicted octanol–water partition coefficient (Wildman–Crippen LogP) is 5.57. The number of rotatable bonds is 5. The van der Waals surface area contributed by atoms with Gasteiger partial charge in [-0.2, -0.15) is 0 Å². The second kappa shape index (κ2) is 11.0. The minimum Gasteiger partial charge on any atom is -0.444 e. The van der Waals surface area contributed by atoms with Gasteiger partial charge in [0.1, 0.15) is 11.4 Å². The zero-order valence-corrected chi connectivity index (χ0v) is 20.7. The van der Waals surface area contributed by atoms with Crippen LogP contribution < -0.4 is 5.32 Å². The van der Waals surface area contributed by atoms with E-state index in [4.69, 9.17) is 16.3 Å². The van der Waals surface area contributed by atoms with E-state index in [1.807, 2.05) is 11.8 Å². The molecular formula is C26H31ClFN3O3. The Morgan fingerprint density at radius 2 is 1.88 bits per heavy atom. The summed E-state index contributed by atoms with van der Waals surface area (Å²) in [6, 6.07) is 11.6. The first kappa shape index (κ1) is 25.7. The van der Waals surface area contributed by atoms with Crippen molar-refractivity contribution >= 4 is 35.4 Å². The molecule has 8 heteroatoms. The van der Waals surface area contributed by atoms with Gasteiger partial charge in [-0.25, -0.2) is 9.18 Å². The highest BCUT2D eigenvalue weighted by atomic mass is 35.5. The average Bonchev–Trinajstić information content (AvgIpc) is 2.73. The van der Waals surface area contributed by atoms with Crippen LogP contribution in [0.1, 0.15) is 38.8 Å². The zero-order valence-electron chi connectivity index (χ0n) is 20.0. The molecular weight excluding hydrogens is 457 g/mol. The molecule has 1 heterocycles. The Morgan fingerprint density at radius 3 is 2.53 bits per heavy atom. The molecule has 1 atom stereocenters. The van der Waals surface area contributed by atoms with E-state index in [2.05, 4.69) is 10.2 Å². The van der Waals surface area contributed by atoms with Crippen LogP contribution in [0.4, 0.5) is 14.9 Å². The van der Waals surface area contributed by atoms with Crippen molar-refractivity contribution in [3.8, 4) is 0 Å². The molecule has 0 aromatic heterocycles. The van der Waals surface area contributed by atoms with E-state index >= 15 is 0 Å². The summed E-state index contributed by atoms with van der Waals surface area (Å²) >= 11 is 6.10. The summed E-state index contributed by atoms with van der Waals surface area (Å²) in [5, 5.41) is 3.16. The van der Waals surface area contributed by atoms with Gasteiger partial charge in [0.05, 0.1) is 5.69 Å². The Labute approximate surface area is 205 Å². The molecule has 0 radical (unpaired) electrons. The number of anilines is 1. The van der Waals surface area contributed by atoms with Crippen LogP contribution in [0.15, 0.2) is 48.5 Å². The van der Waals surface area contributed by atoms with Crippen molar-refractivity contribution in [1.29, 1.82) is 0 Å². The Hall–Kier alpha value is -2.90. The maximum Gasteiger partial charge on any atom is 0.412 e. The van der Waals surface area contributed by atoms with Gasteiger partial charge in [-0.05, 0) is 69.2 Å². The summed E-state index contributed by atoms with van der Waals surface area (Å²) in [6.45, 7) is 10.1. The first-order chi connectivity index (χ1) is 16.0. The summed E-state index contributed by atoms with van der Waals surface area (Å²) in [6.07, 6.45) is 2.58. The summed E-state index contributed by atoms with van der Waals surface area (Å²) in [4.78, 5) is 29.2.